The molecular weight excluding hydrogens is 478 g/mol. The SMILES string of the molecule is COC(=O)[C@@H](NC(=O)OCc1ccccc1)C(Cc1ccccc1)c1ccc([Si](C)(C)C(C)(C)C)cc1. The first kappa shape index (κ1) is 28.2. The molecule has 1 amide bonds. The zero-order valence-corrected chi connectivity index (χ0v) is 23.8. The second-order valence-corrected chi connectivity index (χ2v) is 16.3. The third-order valence-electron chi connectivity index (χ3n) is 7.58. The average molecular weight is 518 g/mol. The highest BCUT2D eigenvalue weighted by Crippen LogP contribution is 2.36. The van der Waals surface area contributed by atoms with Crippen LogP contribution < -0.4 is 10.5 Å². The maximum Gasteiger partial charge on any atom is 0.408 e. The molecule has 0 aromatic heterocycles. The lowest BCUT2D eigenvalue weighted by atomic mass is 9.85. The minimum Gasteiger partial charge on any atom is -0.467 e. The molecule has 0 bridgehead atoms. The van der Waals surface area contributed by atoms with E-state index in [-0.39, 0.29) is 17.6 Å². The van der Waals surface area contributed by atoms with Crippen LogP contribution in [0.1, 0.15) is 43.4 Å². The van der Waals surface area contributed by atoms with E-state index in [9.17, 15) is 9.59 Å². The summed E-state index contributed by atoms with van der Waals surface area (Å²) < 4.78 is 10.6. The fourth-order valence-corrected chi connectivity index (χ4v) is 6.08. The Morgan fingerprint density at radius 3 is 1.89 bits per heavy atom. The molecule has 37 heavy (non-hydrogen) atoms. The van der Waals surface area contributed by atoms with Gasteiger partial charge >= 0.3 is 12.1 Å². The number of ether oxygens (including phenoxy) is 2. The summed E-state index contributed by atoms with van der Waals surface area (Å²) in [6, 6.07) is 27.1. The zero-order chi connectivity index (χ0) is 27.1. The first-order valence-corrected chi connectivity index (χ1v) is 15.7. The average Bonchev–Trinajstić information content (AvgIpc) is 2.89. The van der Waals surface area contributed by atoms with Crippen molar-refractivity contribution in [1.82, 2.24) is 5.32 Å². The summed E-state index contributed by atoms with van der Waals surface area (Å²) in [5.74, 6) is -0.848. The van der Waals surface area contributed by atoms with E-state index in [2.05, 4.69) is 63.4 Å². The van der Waals surface area contributed by atoms with Gasteiger partial charge in [0.05, 0.1) is 15.2 Å². The fraction of sp³-hybridized carbons (Fsp3) is 0.355. The number of amides is 1. The first-order valence-electron chi connectivity index (χ1n) is 12.7. The molecule has 3 aromatic carbocycles. The highest BCUT2D eigenvalue weighted by Gasteiger charge is 2.37. The van der Waals surface area contributed by atoms with E-state index in [1.54, 1.807) is 0 Å². The Morgan fingerprint density at radius 2 is 1.38 bits per heavy atom. The van der Waals surface area contributed by atoms with Gasteiger partial charge in [-0.25, -0.2) is 9.59 Å². The molecule has 0 saturated carbocycles. The fourth-order valence-electron chi connectivity index (χ4n) is 4.22. The Kier molecular flexibility index (Phi) is 9.32. The van der Waals surface area contributed by atoms with Gasteiger partial charge in [-0.15, -0.1) is 0 Å². The Labute approximate surface area is 222 Å². The quantitative estimate of drug-likeness (QED) is 0.271. The van der Waals surface area contributed by atoms with E-state index in [0.717, 1.165) is 16.7 Å². The van der Waals surface area contributed by atoms with Gasteiger partial charge in [0.1, 0.15) is 12.6 Å². The van der Waals surface area contributed by atoms with Crippen LogP contribution in [0.3, 0.4) is 0 Å². The number of alkyl carbamates (subject to hydrolysis) is 1. The normalized spacial score (nSPS) is 13.4. The standard InChI is InChI=1S/C31H39NO4Si/c1-31(2,3)37(5,6)26-19-17-25(18-20-26)27(21-23-13-9-7-10-14-23)28(29(33)35-4)32-30(34)36-22-24-15-11-8-12-16-24/h7-20,27-28H,21-22H2,1-6H3,(H,32,34)/t27?,28-/m0/s1. The molecular formula is C31H39NO4Si. The number of rotatable bonds is 9. The summed E-state index contributed by atoms with van der Waals surface area (Å²) in [6.45, 7) is 11.8. The molecule has 3 aromatic rings. The van der Waals surface area contributed by atoms with Crippen molar-refractivity contribution in [2.75, 3.05) is 7.11 Å². The van der Waals surface area contributed by atoms with Crippen LogP contribution in [0.4, 0.5) is 4.79 Å². The number of nitrogens with one attached hydrogen (secondary N) is 1. The van der Waals surface area contributed by atoms with E-state index in [1.807, 2.05) is 60.7 Å². The summed E-state index contributed by atoms with van der Waals surface area (Å²) in [7, 11) is -0.380. The van der Waals surface area contributed by atoms with Crippen LogP contribution in [0, 0.1) is 0 Å². The van der Waals surface area contributed by atoms with Crippen LogP contribution in [-0.2, 0) is 27.3 Å². The molecule has 1 unspecified atom stereocenters. The molecule has 0 saturated heterocycles. The second kappa shape index (κ2) is 12.2. The lowest BCUT2D eigenvalue weighted by Gasteiger charge is -2.37. The van der Waals surface area contributed by atoms with Gasteiger partial charge in [-0.1, -0.05) is 124 Å². The number of carbonyl (C=O) groups excluding carboxylic acids is 2. The Morgan fingerprint density at radius 1 is 0.838 bits per heavy atom. The topological polar surface area (TPSA) is 64.6 Å². The largest absolute Gasteiger partial charge is 0.467 e. The van der Waals surface area contributed by atoms with Crippen molar-refractivity contribution in [2.24, 2.45) is 0 Å². The van der Waals surface area contributed by atoms with E-state index in [0.29, 0.717) is 6.42 Å². The molecule has 0 aliphatic rings. The van der Waals surface area contributed by atoms with Gasteiger partial charge in [0.15, 0.2) is 0 Å². The first-order chi connectivity index (χ1) is 17.5. The summed E-state index contributed by atoms with van der Waals surface area (Å²) in [6.07, 6.45) is -0.103. The predicted molar refractivity (Wildman–Crippen MR) is 152 cm³/mol. The molecule has 196 valence electrons. The molecule has 6 heteroatoms. The third kappa shape index (κ3) is 7.32. The van der Waals surface area contributed by atoms with Crippen molar-refractivity contribution in [1.29, 1.82) is 0 Å². The van der Waals surface area contributed by atoms with Crippen LogP contribution in [0.15, 0.2) is 84.9 Å². The second-order valence-electron chi connectivity index (χ2n) is 11.0. The number of hydrogen-bond donors (Lipinski definition) is 1. The predicted octanol–water partition coefficient (Wildman–Crippen LogP) is 6.20. The van der Waals surface area contributed by atoms with E-state index >= 15 is 0 Å². The number of hydrogen-bond acceptors (Lipinski definition) is 4. The zero-order valence-electron chi connectivity index (χ0n) is 22.8. The molecule has 0 fully saturated rings. The molecule has 0 aliphatic heterocycles. The van der Waals surface area contributed by atoms with E-state index < -0.39 is 26.2 Å². The smallest absolute Gasteiger partial charge is 0.408 e. The van der Waals surface area contributed by atoms with Gasteiger partial charge in [0.2, 0.25) is 0 Å². The van der Waals surface area contributed by atoms with E-state index in [4.69, 9.17) is 9.47 Å². The van der Waals surface area contributed by atoms with Crippen LogP contribution >= 0.6 is 0 Å². The molecule has 2 atom stereocenters. The van der Waals surface area contributed by atoms with Gasteiger partial charge in [-0.2, -0.15) is 0 Å². The van der Waals surface area contributed by atoms with Crippen molar-refractivity contribution >= 4 is 25.3 Å². The number of benzene rings is 3. The lowest BCUT2D eigenvalue weighted by Crippen LogP contribution is -2.49. The monoisotopic (exact) mass is 517 g/mol. The molecule has 5 nitrogen and oxygen atoms in total. The van der Waals surface area contributed by atoms with Crippen molar-refractivity contribution < 1.29 is 19.1 Å². The van der Waals surface area contributed by atoms with Gasteiger partial charge in [0.25, 0.3) is 0 Å². The number of methoxy groups -OCH3 is 1. The molecule has 0 heterocycles. The summed E-state index contributed by atoms with van der Waals surface area (Å²) >= 11 is 0. The Balaban J connectivity index is 1.91. The maximum atomic E-state index is 13.0. The van der Waals surface area contributed by atoms with Crippen molar-refractivity contribution in [3.63, 3.8) is 0 Å². The summed E-state index contributed by atoms with van der Waals surface area (Å²) in [5.41, 5.74) is 2.90. The van der Waals surface area contributed by atoms with Crippen LogP contribution in [0.5, 0.6) is 0 Å². The van der Waals surface area contributed by atoms with Gasteiger partial charge in [0, 0.05) is 5.92 Å². The molecule has 3 rings (SSSR count). The van der Waals surface area contributed by atoms with Crippen molar-refractivity contribution in [3.8, 4) is 0 Å². The highest BCUT2D eigenvalue weighted by atomic mass is 28.3. The number of esters is 1. The minimum absolute atomic E-state index is 0.116. The van der Waals surface area contributed by atoms with Crippen LogP contribution in [0.25, 0.3) is 0 Å². The summed E-state index contributed by atoms with van der Waals surface area (Å²) in [4.78, 5) is 25.8. The lowest BCUT2D eigenvalue weighted by molar-refractivity contribution is -0.143. The Bertz CT molecular complexity index is 1160. The van der Waals surface area contributed by atoms with Crippen molar-refractivity contribution in [2.45, 2.75) is 63.9 Å². The maximum absolute atomic E-state index is 13.0. The molecule has 0 radical (unpaired) electrons. The van der Waals surface area contributed by atoms with Gasteiger partial charge < -0.3 is 14.8 Å². The van der Waals surface area contributed by atoms with Gasteiger partial charge in [-0.3, -0.25) is 0 Å². The molecule has 0 spiro atoms. The van der Waals surface area contributed by atoms with Crippen molar-refractivity contribution in [3.05, 3.63) is 102 Å². The highest BCUT2D eigenvalue weighted by molar-refractivity contribution is 6.92. The van der Waals surface area contributed by atoms with Crippen LogP contribution in [0.2, 0.25) is 18.1 Å². The van der Waals surface area contributed by atoms with Crippen LogP contribution in [-0.4, -0.2) is 33.3 Å². The van der Waals surface area contributed by atoms with Gasteiger partial charge in [-0.05, 0) is 28.1 Å². The van der Waals surface area contributed by atoms with E-state index in [1.165, 1.54) is 12.3 Å². The minimum atomic E-state index is -1.72. The molecule has 1 N–H and O–H groups in total. The Hall–Kier alpha value is -3.38. The molecule has 0 aliphatic carbocycles. The third-order valence-corrected chi connectivity index (χ3v) is 13.1. The summed E-state index contributed by atoms with van der Waals surface area (Å²) in [5, 5.41) is 4.36. The number of carbonyl (C=O) groups is 2.